The molecule has 0 heteroatoms. The van der Waals surface area contributed by atoms with Crippen molar-refractivity contribution in [3.05, 3.63) is 48.1 Å². The van der Waals surface area contributed by atoms with Gasteiger partial charge in [-0.25, -0.2) is 0 Å². The molecule has 0 aromatic carbocycles. The van der Waals surface area contributed by atoms with Gasteiger partial charge in [0.2, 0.25) is 0 Å². The Morgan fingerprint density at radius 2 is 2.33 bits per heavy atom. The lowest BCUT2D eigenvalue weighted by Crippen LogP contribution is -1.97. The minimum Gasteiger partial charge on any atom is -0.0991 e. The molecule has 0 nitrogen and oxygen atoms in total. The second-order valence-electron chi connectivity index (χ2n) is 3.32. The SMILES string of the molecule is C=C/C=C\C1=CCC(C)C=C1C. The second-order valence-corrected chi connectivity index (χ2v) is 3.32. The van der Waals surface area contributed by atoms with Crippen LogP contribution >= 0.6 is 0 Å². The Morgan fingerprint density at radius 1 is 1.58 bits per heavy atom. The van der Waals surface area contributed by atoms with E-state index in [1.807, 2.05) is 12.2 Å². The monoisotopic (exact) mass is 160 g/mol. The topological polar surface area (TPSA) is 0 Å². The Bertz CT molecular complexity index is 251. The minimum atomic E-state index is 0.700. The van der Waals surface area contributed by atoms with Crippen molar-refractivity contribution in [3.63, 3.8) is 0 Å². The summed E-state index contributed by atoms with van der Waals surface area (Å²) in [6.07, 6.45) is 11.7. The lowest BCUT2D eigenvalue weighted by molar-refractivity contribution is 0.724. The quantitative estimate of drug-likeness (QED) is 0.541. The highest BCUT2D eigenvalue weighted by molar-refractivity contribution is 5.41. The van der Waals surface area contributed by atoms with E-state index in [1.165, 1.54) is 11.1 Å². The summed E-state index contributed by atoms with van der Waals surface area (Å²) in [6, 6.07) is 0. The van der Waals surface area contributed by atoms with Crippen LogP contribution in [-0.2, 0) is 0 Å². The third-order valence-electron chi connectivity index (χ3n) is 2.11. The van der Waals surface area contributed by atoms with Crippen molar-refractivity contribution in [1.29, 1.82) is 0 Å². The Balaban J connectivity index is 2.74. The van der Waals surface area contributed by atoms with Gasteiger partial charge in [-0.2, -0.15) is 0 Å². The predicted molar refractivity (Wildman–Crippen MR) is 55.0 cm³/mol. The molecule has 0 aromatic heterocycles. The van der Waals surface area contributed by atoms with Gasteiger partial charge in [-0.15, -0.1) is 0 Å². The Hall–Kier alpha value is -1.04. The average Bonchev–Trinajstić information content (AvgIpc) is 2.03. The number of rotatable bonds is 2. The lowest BCUT2D eigenvalue weighted by atomic mass is 9.92. The Kier molecular flexibility index (Phi) is 3.09. The third kappa shape index (κ3) is 2.23. The van der Waals surface area contributed by atoms with E-state index < -0.39 is 0 Å². The first-order valence-electron chi connectivity index (χ1n) is 4.42. The molecule has 0 aliphatic heterocycles. The molecule has 0 amide bonds. The van der Waals surface area contributed by atoms with E-state index in [2.05, 4.69) is 38.7 Å². The van der Waals surface area contributed by atoms with Crippen molar-refractivity contribution in [2.24, 2.45) is 5.92 Å². The number of hydrogen-bond donors (Lipinski definition) is 0. The van der Waals surface area contributed by atoms with E-state index in [4.69, 9.17) is 0 Å². The fraction of sp³-hybridized carbons (Fsp3) is 0.333. The van der Waals surface area contributed by atoms with Gasteiger partial charge in [-0.1, -0.05) is 43.9 Å². The summed E-state index contributed by atoms with van der Waals surface area (Å²) in [7, 11) is 0. The first kappa shape index (κ1) is 9.05. The van der Waals surface area contributed by atoms with Gasteiger partial charge in [-0.3, -0.25) is 0 Å². The maximum Gasteiger partial charge on any atom is -0.0221 e. The Labute approximate surface area is 75.0 Å². The molecule has 1 rings (SSSR count). The smallest absolute Gasteiger partial charge is 0.0221 e. The molecule has 0 bridgehead atoms. The molecule has 12 heavy (non-hydrogen) atoms. The Morgan fingerprint density at radius 3 is 2.92 bits per heavy atom. The van der Waals surface area contributed by atoms with Crippen molar-refractivity contribution in [3.8, 4) is 0 Å². The summed E-state index contributed by atoms with van der Waals surface area (Å²) >= 11 is 0. The van der Waals surface area contributed by atoms with Gasteiger partial charge < -0.3 is 0 Å². The lowest BCUT2D eigenvalue weighted by Gasteiger charge is -2.13. The van der Waals surface area contributed by atoms with Crippen LogP contribution in [-0.4, -0.2) is 0 Å². The van der Waals surface area contributed by atoms with E-state index in [-0.39, 0.29) is 0 Å². The van der Waals surface area contributed by atoms with E-state index in [1.54, 1.807) is 0 Å². The molecule has 0 saturated carbocycles. The van der Waals surface area contributed by atoms with Gasteiger partial charge >= 0.3 is 0 Å². The maximum atomic E-state index is 3.65. The van der Waals surface area contributed by atoms with Crippen molar-refractivity contribution in [2.75, 3.05) is 0 Å². The van der Waals surface area contributed by atoms with Crippen molar-refractivity contribution < 1.29 is 0 Å². The summed E-state index contributed by atoms with van der Waals surface area (Å²) in [4.78, 5) is 0. The molecule has 0 fully saturated rings. The zero-order chi connectivity index (χ0) is 8.97. The molecule has 1 aliphatic carbocycles. The van der Waals surface area contributed by atoms with Crippen LogP contribution < -0.4 is 0 Å². The molecular weight excluding hydrogens is 144 g/mol. The molecule has 1 atom stereocenters. The zero-order valence-corrected chi connectivity index (χ0v) is 7.88. The van der Waals surface area contributed by atoms with E-state index in [0.29, 0.717) is 5.92 Å². The first-order valence-corrected chi connectivity index (χ1v) is 4.42. The zero-order valence-electron chi connectivity index (χ0n) is 7.88. The molecule has 0 saturated heterocycles. The summed E-state index contributed by atoms with van der Waals surface area (Å²) in [5.74, 6) is 0.700. The van der Waals surface area contributed by atoms with Gasteiger partial charge in [0.1, 0.15) is 0 Å². The number of hydrogen-bond acceptors (Lipinski definition) is 0. The highest BCUT2D eigenvalue weighted by Crippen LogP contribution is 2.22. The van der Waals surface area contributed by atoms with Crippen LogP contribution in [0.1, 0.15) is 20.3 Å². The van der Waals surface area contributed by atoms with Crippen LogP contribution in [0.5, 0.6) is 0 Å². The third-order valence-corrected chi connectivity index (χ3v) is 2.11. The van der Waals surface area contributed by atoms with Crippen LogP contribution in [0.15, 0.2) is 48.1 Å². The molecule has 0 N–H and O–H groups in total. The van der Waals surface area contributed by atoms with Gasteiger partial charge in [0.15, 0.2) is 0 Å². The molecule has 1 aliphatic rings. The van der Waals surface area contributed by atoms with Gasteiger partial charge in [0.05, 0.1) is 0 Å². The molecule has 0 heterocycles. The standard InChI is InChI=1S/C12H16/c1-4-5-6-12-8-7-10(2)9-11(12)3/h4-6,8-10H,1,7H2,2-3H3/b6-5-. The van der Waals surface area contributed by atoms with E-state index >= 15 is 0 Å². The van der Waals surface area contributed by atoms with Gasteiger partial charge in [0, 0.05) is 0 Å². The largest absolute Gasteiger partial charge is 0.0991 e. The fourth-order valence-corrected chi connectivity index (χ4v) is 1.44. The molecule has 1 unspecified atom stereocenters. The van der Waals surface area contributed by atoms with Crippen LogP contribution in [0.25, 0.3) is 0 Å². The minimum absolute atomic E-state index is 0.700. The summed E-state index contributed by atoms with van der Waals surface area (Å²) < 4.78 is 0. The van der Waals surface area contributed by atoms with Crippen LogP contribution in [0.4, 0.5) is 0 Å². The molecular formula is C12H16. The van der Waals surface area contributed by atoms with E-state index in [9.17, 15) is 0 Å². The van der Waals surface area contributed by atoms with Gasteiger partial charge in [0.25, 0.3) is 0 Å². The van der Waals surface area contributed by atoms with Crippen molar-refractivity contribution in [2.45, 2.75) is 20.3 Å². The normalized spacial score (nSPS) is 23.7. The highest BCUT2D eigenvalue weighted by atomic mass is 14.1. The van der Waals surface area contributed by atoms with Crippen molar-refractivity contribution >= 4 is 0 Å². The predicted octanol–water partition coefficient (Wildman–Crippen LogP) is 3.64. The van der Waals surface area contributed by atoms with E-state index in [0.717, 1.165) is 6.42 Å². The molecule has 0 spiro atoms. The van der Waals surface area contributed by atoms with Crippen LogP contribution in [0.2, 0.25) is 0 Å². The second kappa shape index (κ2) is 4.10. The average molecular weight is 160 g/mol. The maximum absolute atomic E-state index is 3.65. The summed E-state index contributed by atoms with van der Waals surface area (Å²) in [6.45, 7) is 8.06. The fourth-order valence-electron chi connectivity index (χ4n) is 1.44. The van der Waals surface area contributed by atoms with Crippen LogP contribution in [0, 0.1) is 5.92 Å². The highest BCUT2D eigenvalue weighted by Gasteiger charge is 2.05. The molecule has 0 radical (unpaired) electrons. The molecule has 0 aromatic rings. The van der Waals surface area contributed by atoms with Gasteiger partial charge in [-0.05, 0) is 30.4 Å². The summed E-state index contributed by atoms with van der Waals surface area (Å²) in [5.41, 5.74) is 2.72. The summed E-state index contributed by atoms with van der Waals surface area (Å²) in [5, 5.41) is 0. The first-order chi connectivity index (χ1) is 5.74. The van der Waals surface area contributed by atoms with Crippen LogP contribution in [0.3, 0.4) is 0 Å². The van der Waals surface area contributed by atoms with Crippen molar-refractivity contribution in [1.82, 2.24) is 0 Å². The molecule has 64 valence electrons. The number of allylic oxidation sites excluding steroid dienone is 7.